The van der Waals surface area contributed by atoms with E-state index in [9.17, 15) is 24.3 Å². The van der Waals surface area contributed by atoms with Crippen molar-refractivity contribution in [3.05, 3.63) is 29.8 Å². The van der Waals surface area contributed by atoms with Gasteiger partial charge in [-0.05, 0) is 56.5 Å². The summed E-state index contributed by atoms with van der Waals surface area (Å²) >= 11 is 0. The van der Waals surface area contributed by atoms with Gasteiger partial charge in [0, 0.05) is 12.0 Å². The molecular weight excluding hydrogens is 466 g/mol. The lowest BCUT2D eigenvalue weighted by Gasteiger charge is -2.35. The zero-order valence-electron chi connectivity index (χ0n) is 21.8. The number of carbonyl (C=O) groups is 4. The number of ether oxygens (including phenoxy) is 2. The topological polar surface area (TPSA) is 134 Å². The van der Waals surface area contributed by atoms with Gasteiger partial charge in [0.25, 0.3) is 0 Å². The number of hydrogen-bond acceptors (Lipinski definition) is 7. The first kappa shape index (κ1) is 29.1. The number of nitrogens with one attached hydrogen (secondary N) is 2. The molecule has 10 heteroatoms. The van der Waals surface area contributed by atoms with E-state index in [2.05, 4.69) is 34.2 Å². The van der Waals surface area contributed by atoms with Crippen LogP contribution in [0, 0.1) is 5.92 Å². The molecular formula is C26H39N3O7. The molecule has 0 spiro atoms. The summed E-state index contributed by atoms with van der Waals surface area (Å²) in [5.74, 6) is -2.85. The zero-order chi connectivity index (χ0) is 26.9. The highest BCUT2D eigenvalue weighted by Gasteiger charge is 2.34. The molecule has 0 aliphatic carbocycles. The fraction of sp³-hybridized carbons (Fsp3) is 0.615. The fourth-order valence-electron chi connectivity index (χ4n) is 4.66. The minimum atomic E-state index is -1.37. The van der Waals surface area contributed by atoms with E-state index in [-0.39, 0.29) is 5.41 Å². The summed E-state index contributed by atoms with van der Waals surface area (Å²) in [5.41, 5.74) is 1.04. The molecule has 3 N–H and O–H groups in total. The summed E-state index contributed by atoms with van der Waals surface area (Å²) in [5, 5.41) is 14.0. The number of aliphatic carboxylic acids is 1. The monoisotopic (exact) mass is 505 g/mol. The minimum Gasteiger partial charge on any atom is -0.480 e. The first-order valence-corrected chi connectivity index (χ1v) is 12.4. The van der Waals surface area contributed by atoms with E-state index in [1.54, 1.807) is 19.9 Å². The summed E-state index contributed by atoms with van der Waals surface area (Å²) in [4.78, 5) is 51.1. The first-order chi connectivity index (χ1) is 17.0. The van der Waals surface area contributed by atoms with Gasteiger partial charge in [0.2, 0.25) is 5.91 Å². The van der Waals surface area contributed by atoms with Crippen molar-refractivity contribution < 1.29 is 33.8 Å². The molecule has 1 aromatic rings. The Balaban J connectivity index is 2.18. The largest absolute Gasteiger partial charge is 0.480 e. The molecule has 1 saturated heterocycles. The first-order valence-electron chi connectivity index (χ1n) is 12.4. The normalized spacial score (nSPS) is 20.1. The Bertz CT molecular complexity index is 936. The van der Waals surface area contributed by atoms with Crippen LogP contribution in [0.2, 0.25) is 0 Å². The van der Waals surface area contributed by atoms with Crippen molar-refractivity contribution in [2.45, 2.75) is 70.4 Å². The third kappa shape index (κ3) is 7.94. The number of esters is 1. The number of carboxylic acids is 1. The van der Waals surface area contributed by atoms with Gasteiger partial charge in [-0.15, -0.1) is 0 Å². The molecule has 1 aliphatic heterocycles. The van der Waals surface area contributed by atoms with Gasteiger partial charge in [-0.1, -0.05) is 39.3 Å². The Morgan fingerprint density at radius 3 is 2.50 bits per heavy atom. The molecule has 1 aliphatic rings. The minimum absolute atomic E-state index is 0.0504. The number of likely N-dealkylation sites (N-methyl/N-ethyl adjacent to an activating group) is 1. The van der Waals surface area contributed by atoms with Crippen LogP contribution in [-0.4, -0.2) is 73.3 Å². The molecule has 0 saturated carbocycles. The molecule has 3 atom stereocenters. The maximum absolute atomic E-state index is 12.8. The highest BCUT2D eigenvalue weighted by atomic mass is 16.5. The van der Waals surface area contributed by atoms with Crippen LogP contribution in [0.3, 0.4) is 0 Å². The Kier molecular flexibility index (Phi) is 10.7. The van der Waals surface area contributed by atoms with Gasteiger partial charge in [-0.2, -0.15) is 0 Å². The van der Waals surface area contributed by atoms with E-state index < -0.39 is 48.4 Å². The molecule has 0 aromatic heterocycles. The van der Waals surface area contributed by atoms with E-state index in [0.29, 0.717) is 5.75 Å². The van der Waals surface area contributed by atoms with Crippen molar-refractivity contribution in [1.29, 1.82) is 0 Å². The Morgan fingerprint density at radius 2 is 1.89 bits per heavy atom. The van der Waals surface area contributed by atoms with Crippen LogP contribution in [0.15, 0.2) is 24.3 Å². The van der Waals surface area contributed by atoms with Gasteiger partial charge in [-0.3, -0.25) is 9.59 Å². The highest BCUT2D eigenvalue weighted by Crippen LogP contribution is 2.37. The van der Waals surface area contributed by atoms with Crippen molar-refractivity contribution in [2.75, 3.05) is 27.2 Å². The smallest absolute Gasteiger partial charge is 0.407 e. The van der Waals surface area contributed by atoms with Gasteiger partial charge in [0.1, 0.15) is 17.8 Å². The van der Waals surface area contributed by atoms with Gasteiger partial charge in [0.15, 0.2) is 0 Å². The molecule has 10 nitrogen and oxygen atoms in total. The molecule has 1 fully saturated rings. The second kappa shape index (κ2) is 13.2. The van der Waals surface area contributed by atoms with Crippen LogP contribution < -0.4 is 15.4 Å². The molecule has 1 heterocycles. The van der Waals surface area contributed by atoms with Gasteiger partial charge >= 0.3 is 18.0 Å². The number of hydrogen-bond donors (Lipinski definition) is 3. The number of alkyl carbamates (subject to hydrolysis) is 1. The van der Waals surface area contributed by atoms with E-state index in [1.807, 2.05) is 18.2 Å². The average Bonchev–Trinajstić information content (AvgIpc) is 3.03. The van der Waals surface area contributed by atoms with Crippen molar-refractivity contribution in [3.8, 4) is 5.75 Å². The van der Waals surface area contributed by atoms with Crippen molar-refractivity contribution >= 4 is 23.9 Å². The number of likely N-dealkylation sites (tertiary alicyclic amines) is 1. The second-order valence-corrected chi connectivity index (χ2v) is 9.79. The predicted molar refractivity (Wildman–Crippen MR) is 134 cm³/mol. The average molecular weight is 506 g/mol. The summed E-state index contributed by atoms with van der Waals surface area (Å²) in [6, 6.07) is 4.88. The van der Waals surface area contributed by atoms with Crippen LogP contribution in [0.5, 0.6) is 5.75 Å². The molecule has 2 rings (SSSR count). The maximum atomic E-state index is 12.8. The van der Waals surface area contributed by atoms with E-state index in [4.69, 9.17) is 4.74 Å². The van der Waals surface area contributed by atoms with Crippen molar-refractivity contribution in [3.63, 3.8) is 0 Å². The number of amides is 2. The summed E-state index contributed by atoms with van der Waals surface area (Å²) in [6.07, 6.45) is 2.81. The van der Waals surface area contributed by atoms with Crippen molar-refractivity contribution in [2.24, 2.45) is 5.92 Å². The number of nitrogens with zero attached hydrogens (tertiary/aromatic N) is 1. The Morgan fingerprint density at radius 1 is 1.17 bits per heavy atom. The standard InChI is InChI=1S/C26H39N3O7/c1-6-26(12-7-8-13-29(4)16-26)18-10-9-11-19(14-18)36-21(30)15-20(27-25(34)35-5)23(31)28-22(17(2)3)24(32)33/h9-11,14,17,20,22H,6-8,12-13,15-16H2,1-5H3,(H,27,34)(H,28,31)(H,32,33)/t20-,22?,26?/m0/s1. The van der Waals surface area contributed by atoms with Crippen LogP contribution >= 0.6 is 0 Å². The Labute approximate surface area is 212 Å². The van der Waals surface area contributed by atoms with Crippen LogP contribution in [0.1, 0.15) is 58.4 Å². The quantitative estimate of drug-likeness (QED) is 0.326. The zero-order valence-corrected chi connectivity index (χ0v) is 21.8. The number of methoxy groups -OCH3 is 1. The third-order valence-corrected chi connectivity index (χ3v) is 6.77. The number of carbonyl (C=O) groups excluding carboxylic acids is 3. The molecule has 200 valence electrons. The lowest BCUT2D eigenvalue weighted by atomic mass is 9.74. The SMILES string of the molecule is CCC1(c2cccc(OC(=O)C[C@H](NC(=O)OC)C(=O)NC(C(=O)O)C(C)C)c2)CCCCN(C)C1. The summed E-state index contributed by atoms with van der Waals surface area (Å²) in [7, 11) is 3.24. The third-order valence-electron chi connectivity index (χ3n) is 6.77. The molecule has 2 amide bonds. The Hall–Kier alpha value is -3.14. The fourth-order valence-corrected chi connectivity index (χ4v) is 4.66. The molecule has 36 heavy (non-hydrogen) atoms. The molecule has 1 aromatic carbocycles. The van der Waals surface area contributed by atoms with Crippen LogP contribution in [0.25, 0.3) is 0 Å². The lowest BCUT2D eigenvalue weighted by Crippen LogP contribution is -2.53. The lowest BCUT2D eigenvalue weighted by molar-refractivity contribution is -0.143. The predicted octanol–water partition coefficient (Wildman–Crippen LogP) is 2.70. The van der Waals surface area contributed by atoms with Crippen LogP contribution in [-0.2, 0) is 24.5 Å². The van der Waals surface area contributed by atoms with Gasteiger partial charge in [-0.25, -0.2) is 9.59 Å². The summed E-state index contributed by atoms with van der Waals surface area (Å²) in [6.45, 7) is 7.40. The maximum Gasteiger partial charge on any atom is 0.407 e. The second-order valence-electron chi connectivity index (χ2n) is 9.79. The number of benzene rings is 1. The van der Waals surface area contributed by atoms with E-state index in [1.165, 1.54) is 0 Å². The number of carboxylic acid groups (broad SMARTS) is 1. The van der Waals surface area contributed by atoms with Gasteiger partial charge in [0.05, 0.1) is 13.5 Å². The molecule has 0 bridgehead atoms. The van der Waals surface area contributed by atoms with E-state index in [0.717, 1.165) is 51.4 Å². The highest BCUT2D eigenvalue weighted by molar-refractivity contribution is 5.92. The van der Waals surface area contributed by atoms with Gasteiger partial charge < -0.3 is 30.1 Å². The van der Waals surface area contributed by atoms with E-state index >= 15 is 0 Å². The van der Waals surface area contributed by atoms with Crippen molar-refractivity contribution in [1.82, 2.24) is 15.5 Å². The van der Waals surface area contributed by atoms with Crippen LogP contribution in [0.4, 0.5) is 4.79 Å². The summed E-state index contributed by atoms with van der Waals surface area (Å²) < 4.78 is 10.1. The molecule has 2 unspecified atom stereocenters. The number of rotatable bonds is 10. The molecule has 0 radical (unpaired) electrons.